The lowest BCUT2D eigenvalue weighted by Crippen LogP contribution is -2.41. The number of aliphatic imine (C=N–C) groups is 1. The van der Waals surface area contributed by atoms with Crippen LogP contribution in [0.2, 0.25) is 0 Å². The van der Waals surface area contributed by atoms with E-state index >= 15 is 0 Å². The van der Waals surface area contributed by atoms with Gasteiger partial charge in [0.2, 0.25) is 5.56 Å². The molecule has 0 atom stereocenters. The second kappa shape index (κ2) is 10.6. The van der Waals surface area contributed by atoms with Gasteiger partial charge < -0.3 is 15.2 Å². The maximum absolute atomic E-state index is 14.1. The Hall–Kier alpha value is -1.90. The van der Waals surface area contributed by atoms with Crippen LogP contribution in [0.25, 0.3) is 0 Å². The number of nitrogens with one attached hydrogen (secondary N) is 2. The molecule has 1 aromatic carbocycles. The third-order valence-corrected chi connectivity index (χ3v) is 5.13. The molecule has 2 aromatic rings. The largest absolute Gasteiger partial charge is 0.356 e. The SMILES string of the molecule is CN=C(NCCCCn1ccccc1=O)NCC1(c2ccccc2F)CC1.I. The van der Waals surface area contributed by atoms with Crippen molar-refractivity contribution >= 4 is 29.9 Å². The fourth-order valence-corrected chi connectivity index (χ4v) is 3.32. The minimum Gasteiger partial charge on any atom is -0.356 e. The summed E-state index contributed by atoms with van der Waals surface area (Å²) in [6, 6.07) is 12.2. The Kier molecular flexibility index (Phi) is 8.47. The molecular weight excluding hydrogens is 470 g/mol. The van der Waals surface area contributed by atoms with Crippen LogP contribution in [-0.2, 0) is 12.0 Å². The summed E-state index contributed by atoms with van der Waals surface area (Å²) in [5, 5.41) is 6.63. The van der Waals surface area contributed by atoms with Crippen molar-refractivity contribution in [3.05, 3.63) is 70.4 Å². The number of benzene rings is 1. The molecule has 1 aromatic heterocycles. The van der Waals surface area contributed by atoms with Crippen LogP contribution in [-0.4, -0.2) is 30.7 Å². The van der Waals surface area contributed by atoms with Crippen molar-refractivity contribution in [3.8, 4) is 0 Å². The van der Waals surface area contributed by atoms with E-state index < -0.39 is 0 Å². The van der Waals surface area contributed by atoms with Crippen LogP contribution in [0.4, 0.5) is 4.39 Å². The summed E-state index contributed by atoms with van der Waals surface area (Å²) >= 11 is 0. The van der Waals surface area contributed by atoms with Crippen LogP contribution in [0, 0.1) is 5.82 Å². The van der Waals surface area contributed by atoms with E-state index in [1.54, 1.807) is 29.8 Å². The smallest absolute Gasteiger partial charge is 0.250 e. The number of aryl methyl sites for hydroxylation is 1. The van der Waals surface area contributed by atoms with Gasteiger partial charge in [0, 0.05) is 44.4 Å². The molecule has 0 radical (unpaired) electrons. The normalized spacial score (nSPS) is 14.9. The van der Waals surface area contributed by atoms with E-state index in [2.05, 4.69) is 15.6 Å². The monoisotopic (exact) mass is 498 g/mol. The molecule has 1 heterocycles. The van der Waals surface area contributed by atoms with E-state index in [0.29, 0.717) is 13.1 Å². The van der Waals surface area contributed by atoms with Crippen molar-refractivity contribution in [2.45, 2.75) is 37.6 Å². The quantitative estimate of drug-likeness (QED) is 0.254. The Morgan fingerprint density at radius 3 is 2.57 bits per heavy atom. The van der Waals surface area contributed by atoms with Gasteiger partial charge in [0.15, 0.2) is 5.96 Å². The zero-order valence-electron chi connectivity index (χ0n) is 16.2. The molecule has 2 N–H and O–H groups in total. The van der Waals surface area contributed by atoms with Crippen molar-refractivity contribution in [1.82, 2.24) is 15.2 Å². The Labute approximate surface area is 182 Å². The van der Waals surface area contributed by atoms with Gasteiger partial charge in [-0.2, -0.15) is 0 Å². The molecular formula is C21H28FIN4O. The van der Waals surface area contributed by atoms with Gasteiger partial charge >= 0.3 is 0 Å². The summed E-state index contributed by atoms with van der Waals surface area (Å²) < 4.78 is 15.8. The zero-order chi connectivity index (χ0) is 19.1. The third-order valence-electron chi connectivity index (χ3n) is 5.13. The predicted octanol–water partition coefficient (Wildman–Crippen LogP) is 3.28. The third kappa shape index (κ3) is 5.80. The highest BCUT2D eigenvalue weighted by molar-refractivity contribution is 14.0. The molecule has 0 saturated heterocycles. The summed E-state index contributed by atoms with van der Waals surface area (Å²) in [7, 11) is 1.74. The van der Waals surface area contributed by atoms with Gasteiger partial charge in [-0.3, -0.25) is 9.79 Å². The highest BCUT2D eigenvalue weighted by Crippen LogP contribution is 2.48. The molecule has 1 fully saturated rings. The molecule has 0 unspecified atom stereocenters. The van der Waals surface area contributed by atoms with E-state index in [-0.39, 0.29) is 40.8 Å². The second-order valence-corrected chi connectivity index (χ2v) is 7.05. The van der Waals surface area contributed by atoms with Gasteiger partial charge in [0.05, 0.1) is 0 Å². The van der Waals surface area contributed by atoms with E-state index in [9.17, 15) is 9.18 Å². The number of hydrogen-bond acceptors (Lipinski definition) is 2. The first-order valence-electron chi connectivity index (χ1n) is 9.50. The van der Waals surface area contributed by atoms with Crippen molar-refractivity contribution in [2.75, 3.05) is 20.1 Å². The molecule has 0 bridgehead atoms. The first-order valence-corrected chi connectivity index (χ1v) is 9.50. The molecule has 0 spiro atoms. The molecule has 1 aliphatic carbocycles. The van der Waals surface area contributed by atoms with E-state index in [0.717, 1.165) is 43.8 Å². The molecule has 5 nitrogen and oxygen atoms in total. The van der Waals surface area contributed by atoms with Gasteiger partial charge in [-0.15, -0.1) is 24.0 Å². The lowest BCUT2D eigenvalue weighted by molar-refractivity contribution is 0.556. The van der Waals surface area contributed by atoms with Crippen LogP contribution in [0.1, 0.15) is 31.2 Å². The average molecular weight is 498 g/mol. The summed E-state index contributed by atoms with van der Waals surface area (Å²) in [5.41, 5.74) is 0.712. The molecule has 7 heteroatoms. The molecule has 28 heavy (non-hydrogen) atoms. The van der Waals surface area contributed by atoms with Crippen LogP contribution in [0.3, 0.4) is 0 Å². The van der Waals surface area contributed by atoms with Crippen molar-refractivity contribution in [2.24, 2.45) is 4.99 Å². The highest BCUT2D eigenvalue weighted by Gasteiger charge is 2.45. The lowest BCUT2D eigenvalue weighted by atomic mass is 9.95. The summed E-state index contributed by atoms with van der Waals surface area (Å²) in [6.45, 7) is 2.16. The zero-order valence-corrected chi connectivity index (χ0v) is 18.5. The van der Waals surface area contributed by atoms with Crippen molar-refractivity contribution in [1.29, 1.82) is 0 Å². The number of nitrogens with zero attached hydrogens (tertiary/aromatic N) is 2. The highest BCUT2D eigenvalue weighted by atomic mass is 127. The molecule has 0 amide bonds. The summed E-state index contributed by atoms with van der Waals surface area (Å²) in [6.07, 6.45) is 5.63. The Morgan fingerprint density at radius 1 is 1.14 bits per heavy atom. The second-order valence-electron chi connectivity index (χ2n) is 7.05. The molecule has 1 aliphatic rings. The van der Waals surface area contributed by atoms with Crippen LogP contribution in [0.5, 0.6) is 0 Å². The number of aromatic nitrogens is 1. The van der Waals surface area contributed by atoms with Crippen molar-refractivity contribution in [3.63, 3.8) is 0 Å². The number of guanidine groups is 1. The maximum Gasteiger partial charge on any atom is 0.250 e. The molecule has 1 saturated carbocycles. The van der Waals surface area contributed by atoms with E-state index in [1.165, 1.54) is 6.07 Å². The van der Waals surface area contributed by atoms with E-state index in [4.69, 9.17) is 0 Å². The fourth-order valence-electron chi connectivity index (χ4n) is 3.32. The van der Waals surface area contributed by atoms with Crippen LogP contribution in [0.15, 0.2) is 58.4 Å². The topological polar surface area (TPSA) is 58.4 Å². The van der Waals surface area contributed by atoms with Crippen LogP contribution >= 0.6 is 24.0 Å². The summed E-state index contributed by atoms with van der Waals surface area (Å²) in [4.78, 5) is 15.9. The Bertz CT molecular complexity index is 848. The minimum absolute atomic E-state index is 0. The van der Waals surface area contributed by atoms with E-state index in [1.807, 2.05) is 24.4 Å². The number of halogens is 2. The first-order chi connectivity index (χ1) is 13.1. The van der Waals surface area contributed by atoms with Crippen LogP contribution < -0.4 is 16.2 Å². The van der Waals surface area contributed by atoms with Gasteiger partial charge in [-0.05, 0) is 43.4 Å². The molecule has 3 rings (SSSR count). The Balaban J connectivity index is 0.00000280. The van der Waals surface area contributed by atoms with Gasteiger partial charge in [0.1, 0.15) is 5.82 Å². The summed E-state index contributed by atoms with van der Waals surface area (Å²) in [5.74, 6) is 0.602. The minimum atomic E-state index is -0.129. The first kappa shape index (κ1) is 22.4. The number of unbranched alkanes of at least 4 members (excludes halogenated alkanes) is 1. The standard InChI is InChI=1S/C21H27FN4O.HI/c1-23-20(24-13-5-7-15-26-14-6-4-10-19(26)27)25-16-21(11-12-21)17-8-2-3-9-18(17)22;/h2-4,6,8-10,14H,5,7,11-13,15-16H2,1H3,(H2,23,24,25);1H. The van der Waals surface area contributed by atoms with Crippen molar-refractivity contribution < 1.29 is 4.39 Å². The average Bonchev–Trinajstić information content (AvgIpc) is 3.46. The predicted molar refractivity (Wildman–Crippen MR) is 122 cm³/mol. The maximum atomic E-state index is 14.1. The Morgan fingerprint density at radius 2 is 1.89 bits per heavy atom. The van der Waals surface area contributed by atoms with Gasteiger partial charge in [-0.1, -0.05) is 24.3 Å². The van der Waals surface area contributed by atoms with Gasteiger partial charge in [-0.25, -0.2) is 4.39 Å². The fraction of sp³-hybridized carbons (Fsp3) is 0.429. The molecule has 152 valence electrons. The lowest BCUT2D eigenvalue weighted by Gasteiger charge is -2.19. The number of hydrogen-bond donors (Lipinski definition) is 2. The molecule has 0 aliphatic heterocycles. The number of pyridine rings is 1. The van der Waals surface area contributed by atoms with Gasteiger partial charge in [0.25, 0.3) is 0 Å². The number of rotatable bonds is 8.